The molecule has 1 aromatic heterocycles. The molecule has 4 N–H and O–H groups in total. The lowest BCUT2D eigenvalue weighted by atomic mass is 9.94. The van der Waals surface area contributed by atoms with Crippen LogP contribution in [-0.4, -0.2) is 63.9 Å². The molecule has 0 radical (unpaired) electrons. The summed E-state index contributed by atoms with van der Waals surface area (Å²) in [5.41, 5.74) is -0.160. The van der Waals surface area contributed by atoms with Crippen LogP contribution in [0.2, 0.25) is 0 Å². The summed E-state index contributed by atoms with van der Waals surface area (Å²) >= 11 is 0. The van der Waals surface area contributed by atoms with Crippen molar-refractivity contribution < 1.29 is 23.1 Å². The fraction of sp³-hybridized carbons (Fsp3) is 0.300. The summed E-state index contributed by atoms with van der Waals surface area (Å²) in [7, 11) is 0. The summed E-state index contributed by atoms with van der Waals surface area (Å²) in [6.45, 7) is 7.96. The summed E-state index contributed by atoms with van der Waals surface area (Å²) in [5, 5.41) is 25.7. The second-order valence-electron chi connectivity index (χ2n) is 10.2. The van der Waals surface area contributed by atoms with Crippen molar-refractivity contribution in [3.63, 3.8) is 0 Å². The van der Waals surface area contributed by atoms with Gasteiger partial charge in [-0.05, 0) is 44.0 Å². The molecular weight excluding hydrogens is 533 g/mol. The number of hydrogen-bond acceptors (Lipinski definition) is 6. The molecule has 2 aromatic carbocycles. The predicted molar refractivity (Wildman–Crippen MR) is 152 cm³/mol. The number of aromatic nitrogens is 1. The number of rotatable bonds is 5. The van der Waals surface area contributed by atoms with E-state index in [9.17, 15) is 19.7 Å². The molecule has 2 aliphatic heterocycles. The topological polar surface area (TPSA) is 105 Å². The van der Waals surface area contributed by atoms with E-state index >= 15 is 8.78 Å². The number of carbonyl (C=O) groups excluding carboxylic acids is 1. The maximum Gasteiger partial charge on any atom is 0.246 e. The van der Waals surface area contributed by atoms with E-state index < -0.39 is 29.1 Å². The highest BCUT2D eigenvalue weighted by molar-refractivity contribution is 6.09. The predicted octanol–water partition coefficient (Wildman–Crippen LogP) is 5.11. The van der Waals surface area contributed by atoms with Gasteiger partial charge in [0.2, 0.25) is 5.91 Å². The van der Waals surface area contributed by atoms with E-state index in [2.05, 4.69) is 22.2 Å². The zero-order valence-corrected chi connectivity index (χ0v) is 22.8. The number of amides is 1. The maximum absolute atomic E-state index is 16.6. The molecule has 0 bridgehead atoms. The number of fused-ring (bicyclic) bond motifs is 2. The number of piperazine rings is 1. The highest BCUT2D eigenvalue weighted by Crippen LogP contribution is 2.44. The molecule has 3 heterocycles. The number of aliphatic hydroxyl groups is 1. The van der Waals surface area contributed by atoms with Crippen LogP contribution in [0.15, 0.2) is 49.2 Å². The number of nitrogens with zero attached hydrogens (tertiary/aromatic N) is 3. The molecule has 0 spiro atoms. The van der Waals surface area contributed by atoms with E-state index in [1.807, 2.05) is 0 Å². The number of aliphatic hydroxyl groups excluding tert-OH is 1. The third kappa shape index (κ3) is 5.01. The van der Waals surface area contributed by atoms with Gasteiger partial charge in [-0.2, -0.15) is 0 Å². The van der Waals surface area contributed by atoms with Crippen molar-refractivity contribution in [1.29, 1.82) is 5.41 Å². The molecule has 1 fully saturated rings. The Morgan fingerprint density at radius 3 is 2.66 bits per heavy atom. The van der Waals surface area contributed by atoms with E-state index in [0.29, 0.717) is 30.8 Å². The van der Waals surface area contributed by atoms with Crippen LogP contribution in [-0.2, 0) is 4.79 Å². The Morgan fingerprint density at radius 2 is 1.95 bits per heavy atom. The lowest BCUT2D eigenvalue weighted by Gasteiger charge is -2.44. The summed E-state index contributed by atoms with van der Waals surface area (Å²) in [6.07, 6.45) is 2.19. The Bertz CT molecular complexity index is 1540. The molecule has 11 heteroatoms. The number of hydrogen-bond donors (Lipinski definition) is 4. The maximum atomic E-state index is 16.6. The van der Waals surface area contributed by atoms with Crippen LogP contribution in [0.1, 0.15) is 36.3 Å². The van der Waals surface area contributed by atoms with Gasteiger partial charge in [0.05, 0.1) is 40.0 Å². The number of pyridine rings is 1. The van der Waals surface area contributed by atoms with Crippen molar-refractivity contribution in [2.45, 2.75) is 32.4 Å². The minimum absolute atomic E-state index is 0.0758. The highest BCUT2D eigenvalue weighted by atomic mass is 19.1. The summed E-state index contributed by atoms with van der Waals surface area (Å²) < 4.78 is 47.8. The summed E-state index contributed by atoms with van der Waals surface area (Å²) in [6, 6.07) is 6.72. The molecule has 41 heavy (non-hydrogen) atoms. The number of halogens is 3. The average Bonchev–Trinajstić information content (AvgIpc) is 2.95. The molecule has 2 unspecified atom stereocenters. The molecule has 5 rings (SSSR count). The molecule has 3 aromatic rings. The van der Waals surface area contributed by atoms with Gasteiger partial charge in [0.25, 0.3) is 0 Å². The van der Waals surface area contributed by atoms with Crippen LogP contribution >= 0.6 is 0 Å². The van der Waals surface area contributed by atoms with Gasteiger partial charge >= 0.3 is 0 Å². The number of anilines is 3. The molecule has 1 amide bonds. The molecule has 214 valence electrons. The third-order valence-corrected chi connectivity index (χ3v) is 7.63. The molecular formula is C30H31F3N6O2. The van der Waals surface area contributed by atoms with Crippen molar-refractivity contribution in [2.75, 3.05) is 36.8 Å². The Morgan fingerprint density at radius 1 is 1.20 bits per heavy atom. The average molecular weight is 565 g/mol. The van der Waals surface area contributed by atoms with Gasteiger partial charge in [-0.3, -0.25) is 15.2 Å². The van der Waals surface area contributed by atoms with Crippen molar-refractivity contribution in [1.82, 2.24) is 14.8 Å². The van der Waals surface area contributed by atoms with Gasteiger partial charge in [-0.25, -0.2) is 13.2 Å². The van der Waals surface area contributed by atoms with E-state index in [-0.39, 0.29) is 59.1 Å². The van der Waals surface area contributed by atoms with Gasteiger partial charge in [0.15, 0.2) is 11.6 Å². The minimum atomic E-state index is -1.09. The van der Waals surface area contributed by atoms with Crippen LogP contribution < -0.4 is 10.6 Å². The number of aryl methyl sites for hydroxylation is 1. The zero-order valence-electron chi connectivity index (χ0n) is 22.8. The van der Waals surface area contributed by atoms with Crippen LogP contribution in [0.5, 0.6) is 0 Å². The van der Waals surface area contributed by atoms with Crippen molar-refractivity contribution >= 4 is 28.8 Å². The molecule has 0 saturated carbocycles. The minimum Gasteiger partial charge on any atom is -0.387 e. The lowest BCUT2D eigenvalue weighted by Crippen LogP contribution is -2.57. The van der Waals surface area contributed by atoms with Crippen LogP contribution in [0.3, 0.4) is 0 Å². The quantitative estimate of drug-likeness (QED) is 0.321. The van der Waals surface area contributed by atoms with Crippen molar-refractivity contribution in [3.05, 3.63) is 83.5 Å². The van der Waals surface area contributed by atoms with E-state index in [0.717, 1.165) is 6.07 Å². The normalized spacial score (nSPS) is 17.5. The Balaban J connectivity index is 1.73. The number of carbonyl (C=O) groups is 1. The standard InChI is InChI=1S/C30H31F3N6O2/c1-4-21(41)38-13-14-39-18(15-38)10-12-36-28-23(30(39)34)29(37-26-16(2)9-11-35-27(26)17(3)40)25(33)22(24(28)32)19-7-5-6-8-20(19)31/h4-9,11,17-18,34,36-37,40H,1,10,12-15H2,2-3H3. The molecule has 8 nitrogen and oxygen atoms in total. The Labute approximate surface area is 236 Å². The van der Waals surface area contributed by atoms with Crippen molar-refractivity contribution in [2.24, 2.45) is 0 Å². The first-order valence-corrected chi connectivity index (χ1v) is 13.3. The highest BCUT2D eigenvalue weighted by Gasteiger charge is 2.37. The molecule has 2 aliphatic rings. The number of nitrogens with one attached hydrogen (secondary N) is 3. The Hall–Kier alpha value is -4.38. The molecule has 0 aliphatic carbocycles. The monoisotopic (exact) mass is 564 g/mol. The Kier molecular flexibility index (Phi) is 7.72. The number of benzene rings is 2. The first-order chi connectivity index (χ1) is 19.6. The summed E-state index contributed by atoms with van der Waals surface area (Å²) in [4.78, 5) is 19.9. The first kappa shape index (κ1) is 28.2. The van der Waals surface area contributed by atoms with Crippen LogP contribution in [0.4, 0.5) is 30.2 Å². The third-order valence-electron chi connectivity index (χ3n) is 7.63. The lowest BCUT2D eigenvalue weighted by molar-refractivity contribution is -0.128. The van der Waals surface area contributed by atoms with Crippen LogP contribution in [0, 0.1) is 29.8 Å². The molecule has 2 atom stereocenters. The zero-order chi connectivity index (χ0) is 29.4. The van der Waals surface area contributed by atoms with Gasteiger partial charge < -0.3 is 25.5 Å². The second-order valence-corrected chi connectivity index (χ2v) is 10.2. The smallest absolute Gasteiger partial charge is 0.246 e. The van der Waals surface area contributed by atoms with Gasteiger partial charge in [-0.15, -0.1) is 0 Å². The fourth-order valence-corrected chi connectivity index (χ4v) is 5.53. The van der Waals surface area contributed by atoms with Gasteiger partial charge in [-0.1, -0.05) is 24.8 Å². The van der Waals surface area contributed by atoms with Crippen molar-refractivity contribution in [3.8, 4) is 11.1 Å². The van der Waals surface area contributed by atoms with Crippen LogP contribution in [0.25, 0.3) is 11.1 Å². The fourth-order valence-electron chi connectivity index (χ4n) is 5.53. The van der Waals surface area contributed by atoms with Gasteiger partial charge in [0.1, 0.15) is 11.7 Å². The van der Waals surface area contributed by atoms with Gasteiger partial charge in [0, 0.05) is 44.0 Å². The number of amidine groups is 1. The summed E-state index contributed by atoms with van der Waals surface area (Å²) in [5.74, 6) is -3.28. The van der Waals surface area contributed by atoms with E-state index in [1.165, 1.54) is 37.4 Å². The first-order valence-electron chi connectivity index (χ1n) is 13.3. The molecule has 1 saturated heterocycles. The second kappa shape index (κ2) is 11.2. The largest absolute Gasteiger partial charge is 0.387 e. The SMILES string of the molecule is C=CC(=O)N1CCN2C(=N)c3c(c(F)c(-c4ccccc4F)c(F)c3Nc3c(C)ccnc3C(C)O)NCCC2C1. The van der Waals surface area contributed by atoms with E-state index in [1.54, 1.807) is 22.8 Å². The van der Waals surface area contributed by atoms with E-state index in [4.69, 9.17) is 0 Å².